The van der Waals surface area contributed by atoms with Crippen LogP contribution in [0.1, 0.15) is 32.1 Å². The van der Waals surface area contributed by atoms with Gasteiger partial charge in [-0.25, -0.2) is 9.31 Å². The van der Waals surface area contributed by atoms with E-state index in [-0.39, 0.29) is 17.5 Å². The van der Waals surface area contributed by atoms with Crippen LogP contribution in [0.3, 0.4) is 0 Å². The number of hydrogen-bond donors (Lipinski definition) is 1. The Morgan fingerprint density at radius 3 is 2.56 bits per heavy atom. The van der Waals surface area contributed by atoms with Crippen molar-refractivity contribution in [1.29, 1.82) is 0 Å². The predicted octanol–water partition coefficient (Wildman–Crippen LogP) is 3.27. The average Bonchev–Trinajstić information content (AvgIpc) is 3.20. The summed E-state index contributed by atoms with van der Waals surface area (Å²) in [6, 6.07) is 3.98. The quantitative estimate of drug-likeness (QED) is 0.524. The van der Waals surface area contributed by atoms with Crippen molar-refractivity contribution in [2.24, 2.45) is 0 Å². The topological polar surface area (TPSA) is 95.0 Å². The van der Waals surface area contributed by atoms with E-state index in [9.17, 15) is 13.6 Å². The molecule has 0 radical (unpaired) electrons. The molecule has 0 atom stereocenters. The van der Waals surface area contributed by atoms with E-state index in [1.807, 2.05) is 11.0 Å². The molecule has 34 heavy (non-hydrogen) atoms. The SMILES string of the molecule is CN(C)C(=O)N1CCN(c2cc(SNC3(C)CC3)cc3c(-c4nnc(C(F)F)o4)cnn23)CC1. The molecule has 4 heterocycles. The van der Waals surface area contributed by atoms with Gasteiger partial charge in [-0.2, -0.15) is 13.9 Å². The smallest absolute Gasteiger partial charge is 0.319 e. The van der Waals surface area contributed by atoms with Gasteiger partial charge >= 0.3 is 12.5 Å². The number of nitrogens with zero attached hydrogens (tertiary/aromatic N) is 7. The summed E-state index contributed by atoms with van der Waals surface area (Å²) in [6.07, 6.45) is 0.951. The van der Waals surface area contributed by atoms with Crippen LogP contribution in [0.25, 0.3) is 17.0 Å². The highest BCUT2D eigenvalue weighted by Gasteiger charge is 2.37. The van der Waals surface area contributed by atoms with Gasteiger partial charge in [0.1, 0.15) is 5.82 Å². The largest absolute Gasteiger partial charge is 0.415 e. The summed E-state index contributed by atoms with van der Waals surface area (Å²) in [5.41, 5.74) is 1.29. The maximum Gasteiger partial charge on any atom is 0.319 e. The van der Waals surface area contributed by atoms with E-state index in [4.69, 9.17) is 4.42 Å². The van der Waals surface area contributed by atoms with Crippen LogP contribution in [0.5, 0.6) is 0 Å². The third-order valence-electron chi connectivity index (χ3n) is 6.10. The van der Waals surface area contributed by atoms with Crippen LogP contribution in [0.15, 0.2) is 27.6 Å². The lowest BCUT2D eigenvalue weighted by Gasteiger charge is -2.37. The van der Waals surface area contributed by atoms with Crippen LogP contribution in [-0.4, -0.2) is 81.5 Å². The molecule has 13 heteroatoms. The Balaban J connectivity index is 1.48. The standard InChI is InChI=1S/C21H26F2N8O2S/c1-21(4-5-21)27-34-13-10-15-14(18-25-26-19(33-18)17(22)23)12-24-31(15)16(11-13)29-6-8-30(9-7-29)20(32)28(2)3/h10-12,17,27H,4-9H2,1-3H3. The van der Waals surface area contributed by atoms with Crippen molar-refractivity contribution in [3.05, 3.63) is 24.2 Å². The van der Waals surface area contributed by atoms with Crippen LogP contribution < -0.4 is 9.62 Å². The first-order valence-corrected chi connectivity index (χ1v) is 11.8. The van der Waals surface area contributed by atoms with E-state index in [1.165, 1.54) is 11.9 Å². The van der Waals surface area contributed by atoms with Gasteiger partial charge in [0.05, 0.1) is 17.3 Å². The minimum absolute atomic E-state index is 0.00177. The second-order valence-corrected chi connectivity index (χ2v) is 9.95. The lowest BCUT2D eigenvalue weighted by atomic mass is 10.2. The number of rotatable bonds is 6. The van der Waals surface area contributed by atoms with Gasteiger partial charge in [-0.05, 0) is 43.8 Å². The van der Waals surface area contributed by atoms with Gasteiger partial charge in [-0.3, -0.25) is 4.72 Å². The number of alkyl halides is 2. The van der Waals surface area contributed by atoms with Crippen molar-refractivity contribution in [2.45, 2.75) is 36.6 Å². The molecular weight excluding hydrogens is 466 g/mol. The van der Waals surface area contributed by atoms with Crippen molar-refractivity contribution >= 4 is 29.3 Å². The molecule has 3 aromatic heterocycles. The van der Waals surface area contributed by atoms with Crippen LogP contribution in [0.2, 0.25) is 0 Å². The summed E-state index contributed by atoms with van der Waals surface area (Å²) in [7, 11) is 3.49. The molecule has 0 aromatic carbocycles. The summed E-state index contributed by atoms with van der Waals surface area (Å²) >= 11 is 1.53. The average molecular weight is 493 g/mol. The highest BCUT2D eigenvalue weighted by molar-refractivity contribution is 7.97. The number of urea groups is 1. The fourth-order valence-electron chi connectivity index (χ4n) is 3.81. The van der Waals surface area contributed by atoms with Gasteiger partial charge in [0.15, 0.2) is 0 Å². The van der Waals surface area contributed by atoms with Crippen LogP contribution in [-0.2, 0) is 0 Å². The minimum Gasteiger partial charge on any atom is -0.415 e. The molecule has 3 aromatic rings. The van der Waals surface area contributed by atoms with E-state index in [2.05, 4.69) is 37.9 Å². The first-order chi connectivity index (χ1) is 16.2. The van der Waals surface area contributed by atoms with Gasteiger partial charge in [-0.15, -0.1) is 10.2 Å². The number of carbonyl (C=O) groups excluding carboxylic acids is 1. The summed E-state index contributed by atoms with van der Waals surface area (Å²) in [4.78, 5) is 18.9. The zero-order valence-electron chi connectivity index (χ0n) is 19.2. The Kier molecular flexibility index (Phi) is 5.84. The maximum absolute atomic E-state index is 13.0. The molecule has 0 unspecified atom stereocenters. The van der Waals surface area contributed by atoms with Gasteiger partial charge in [0, 0.05) is 50.7 Å². The number of hydrogen-bond acceptors (Lipinski definition) is 8. The highest BCUT2D eigenvalue weighted by atomic mass is 32.2. The molecule has 0 bridgehead atoms. The Bertz CT molecular complexity index is 1200. The number of piperazine rings is 1. The van der Waals surface area contributed by atoms with E-state index >= 15 is 0 Å². The number of pyridine rings is 1. The first kappa shape index (κ1) is 22.8. The monoisotopic (exact) mass is 492 g/mol. The second kappa shape index (κ2) is 8.69. The number of nitrogens with one attached hydrogen (secondary N) is 1. The lowest BCUT2D eigenvalue weighted by molar-refractivity contribution is 0.116. The Morgan fingerprint density at radius 1 is 1.21 bits per heavy atom. The number of amides is 2. The van der Waals surface area contributed by atoms with Gasteiger partial charge < -0.3 is 19.1 Å². The molecule has 1 N–H and O–H groups in total. The zero-order valence-corrected chi connectivity index (χ0v) is 20.0. The molecule has 1 saturated carbocycles. The molecule has 182 valence electrons. The highest BCUT2D eigenvalue weighted by Crippen LogP contribution is 2.39. The molecule has 2 amide bonds. The van der Waals surface area contributed by atoms with Crippen LogP contribution in [0, 0.1) is 0 Å². The molecule has 5 rings (SSSR count). The van der Waals surface area contributed by atoms with Gasteiger partial charge in [-0.1, -0.05) is 0 Å². The molecule has 0 spiro atoms. The van der Waals surface area contributed by atoms with E-state index in [0.29, 0.717) is 37.3 Å². The molecule has 10 nitrogen and oxygen atoms in total. The Labute approximate surface area is 199 Å². The number of fused-ring (bicyclic) bond motifs is 1. The second-order valence-electron chi connectivity index (χ2n) is 9.07. The molecule has 2 fully saturated rings. The molecule has 2 aliphatic rings. The normalized spacial score (nSPS) is 17.6. The predicted molar refractivity (Wildman–Crippen MR) is 123 cm³/mol. The lowest BCUT2D eigenvalue weighted by Crippen LogP contribution is -2.51. The van der Waals surface area contributed by atoms with Crippen molar-refractivity contribution in [2.75, 3.05) is 45.2 Å². The summed E-state index contributed by atoms with van der Waals surface area (Å²) in [5, 5.41) is 11.8. The maximum atomic E-state index is 13.0. The summed E-state index contributed by atoms with van der Waals surface area (Å²) < 4.78 is 36.5. The van der Waals surface area contributed by atoms with E-state index in [1.54, 1.807) is 29.7 Å². The van der Waals surface area contributed by atoms with Crippen molar-refractivity contribution in [1.82, 2.24) is 34.3 Å². The number of aromatic nitrogens is 4. The fourth-order valence-corrected chi connectivity index (χ4v) is 4.71. The minimum atomic E-state index is -2.84. The fraction of sp³-hybridized carbons (Fsp3) is 0.524. The number of halogens is 2. The van der Waals surface area contributed by atoms with E-state index in [0.717, 1.165) is 23.6 Å². The molecule has 1 aliphatic carbocycles. The molecule has 1 aliphatic heterocycles. The zero-order chi connectivity index (χ0) is 24.0. The first-order valence-electron chi connectivity index (χ1n) is 11.0. The van der Waals surface area contributed by atoms with Gasteiger partial charge in [0.2, 0.25) is 0 Å². The van der Waals surface area contributed by atoms with Gasteiger partial charge in [0.25, 0.3) is 11.8 Å². The third kappa shape index (κ3) is 4.41. The third-order valence-corrected chi connectivity index (χ3v) is 7.17. The van der Waals surface area contributed by atoms with Crippen LogP contribution >= 0.6 is 11.9 Å². The number of carbonyl (C=O) groups is 1. The summed E-state index contributed by atoms with van der Waals surface area (Å²) in [6.45, 7) is 4.62. The number of anilines is 1. The van der Waals surface area contributed by atoms with E-state index < -0.39 is 12.3 Å². The van der Waals surface area contributed by atoms with Crippen molar-refractivity contribution in [3.8, 4) is 11.5 Å². The molecule has 1 saturated heterocycles. The van der Waals surface area contributed by atoms with Crippen LogP contribution in [0.4, 0.5) is 19.4 Å². The summed E-state index contributed by atoms with van der Waals surface area (Å²) in [5.74, 6) is 0.131. The molecular formula is C21H26F2N8O2S. The van der Waals surface area contributed by atoms with Crippen molar-refractivity contribution in [3.63, 3.8) is 0 Å². The van der Waals surface area contributed by atoms with Crippen molar-refractivity contribution < 1.29 is 18.0 Å². The Hall–Kier alpha value is -2.93. The Morgan fingerprint density at radius 2 is 1.94 bits per heavy atom.